The van der Waals surface area contributed by atoms with Gasteiger partial charge in [-0.25, -0.2) is 4.79 Å². The molecular formula is C24H32N2O4. The van der Waals surface area contributed by atoms with Crippen molar-refractivity contribution in [2.75, 3.05) is 25.5 Å². The largest absolute Gasteiger partial charge is 0.489 e. The Bertz CT molecular complexity index is 830. The van der Waals surface area contributed by atoms with Crippen LogP contribution in [0, 0.1) is 0 Å². The zero-order valence-electron chi connectivity index (χ0n) is 18.3. The van der Waals surface area contributed by atoms with Crippen molar-refractivity contribution in [2.24, 2.45) is 0 Å². The molecule has 1 aliphatic heterocycles. The Morgan fingerprint density at radius 2 is 1.87 bits per heavy atom. The van der Waals surface area contributed by atoms with Crippen molar-refractivity contribution < 1.29 is 19.0 Å². The Labute approximate surface area is 179 Å². The summed E-state index contributed by atoms with van der Waals surface area (Å²) >= 11 is 0. The van der Waals surface area contributed by atoms with E-state index in [9.17, 15) is 4.79 Å². The van der Waals surface area contributed by atoms with Crippen LogP contribution >= 0.6 is 0 Å². The molecule has 0 spiro atoms. The predicted octanol–water partition coefficient (Wildman–Crippen LogP) is 5.09. The van der Waals surface area contributed by atoms with Crippen LogP contribution in [-0.2, 0) is 11.3 Å². The molecule has 1 fully saturated rings. The number of carbonyl (C=O) groups excluding carboxylic acids is 1. The third-order valence-electron chi connectivity index (χ3n) is 4.78. The quantitative estimate of drug-likeness (QED) is 0.716. The zero-order valence-corrected chi connectivity index (χ0v) is 18.3. The van der Waals surface area contributed by atoms with Crippen LogP contribution in [-0.4, -0.2) is 42.8 Å². The van der Waals surface area contributed by atoms with Gasteiger partial charge in [-0.05, 0) is 75.6 Å². The normalized spacial score (nSPS) is 16.7. The minimum atomic E-state index is -0.491. The minimum absolute atomic E-state index is 0.0395. The van der Waals surface area contributed by atoms with Crippen molar-refractivity contribution in [1.82, 2.24) is 4.90 Å². The van der Waals surface area contributed by atoms with Gasteiger partial charge < -0.3 is 24.4 Å². The molecule has 6 nitrogen and oxygen atoms in total. The fourth-order valence-electron chi connectivity index (χ4n) is 3.32. The molecule has 0 radical (unpaired) electrons. The van der Waals surface area contributed by atoms with Gasteiger partial charge in [-0.1, -0.05) is 12.1 Å². The van der Waals surface area contributed by atoms with Crippen molar-refractivity contribution in [3.63, 3.8) is 0 Å². The van der Waals surface area contributed by atoms with Gasteiger partial charge in [0.05, 0.1) is 6.54 Å². The van der Waals surface area contributed by atoms with Crippen LogP contribution in [0.1, 0.15) is 39.2 Å². The number of carbonyl (C=O) groups is 1. The standard InChI is InChI=1S/C24H32N2O4/c1-24(2,3)30-23(27)26-14-6-9-22(16-26)29-21-12-10-20(11-13-21)28-17-18-7-5-8-19(15-18)25-4/h5,7-8,10-13,15,22,25H,6,9,14,16-17H2,1-4H3. The van der Waals surface area contributed by atoms with Crippen LogP contribution < -0.4 is 14.8 Å². The topological polar surface area (TPSA) is 60.0 Å². The number of hydrogen-bond donors (Lipinski definition) is 1. The molecule has 2 aromatic rings. The number of nitrogens with one attached hydrogen (secondary N) is 1. The zero-order chi connectivity index (χ0) is 21.6. The number of ether oxygens (including phenoxy) is 3. The van der Waals surface area contributed by atoms with Gasteiger partial charge in [-0.3, -0.25) is 0 Å². The molecule has 0 aromatic heterocycles. The summed E-state index contributed by atoms with van der Waals surface area (Å²) in [6, 6.07) is 15.8. The second-order valence-corrected chi connectivity index (χ2v) is 8.52. The van der Waals surface area contributed by atoms with E-state index in [0.717, 1.165) is 35.6 Å². The second kappa shape index (κ2) is 9.74. The number of benzene rings is 2. The summed E-state index contributed by atoms with van der Waals surface area (Å²) in [6.45, 7) is 7.38. The number of amides is 1. The fraction of sp³-hybridized carbons (Fsp3) is 0.458. The molecule has 1 heterocycles. The van der Waals surface area contributed by atoms with Crippen LogP contribution in [0.3, 0.4) is 0 Å². The lowest BCUT2D eigenvalue weighted by atomic mass is 10.1. The number of rotatable bonds is 6. The second-order valence-electron chi connectivity index (χ2n) is 8.52. The van der Waals surface area contributed by atoms with E-state index in [4.69, 9.17) is 14.2 Å². The van der Waals surface area contributed by atoms with E-state index in [1.54, 1.807) is 4.90 Å². The number of piperidine rings is 1. The van der Waals surface area contributed by atoms with E-state index >= 15 is 0 Å². The molecule has 2 aromatic carbocycles. The molecule has 1 unspecified atom stereocenters. The lowest BCUT2D eigenvalue weighted by Gasteiger charge is -2.34. The minimum Gasteiger partial charge on any atom is -0.489 e. The molecule has 162 valence electrons. The predicted molar refractivity (Wildman–Crippen MR) is 118 cm³/mol. The highest BCUT2D eigenvalue weighted by Crippen LogP contribution is 2.23. The van der Waals surface area contributed by atoms with Crippen molar-refractivity contribution >= 4 is 11.8 Å². The van der Waals surface area contributed by atoms with Gasteiger partial charge in [0.1, 0.15) is 29.8 Å². The SMILES string of the molecule is CNc1cccc(COc2ccc(OC3CCCN(C(=O)OC(C)(C)C)C3)cc2)c1. The Morgan fingerprint density at radius 3 is 2.57 bits per heavy atom. The maximum atomic E-state index is 12.3. The molecule has 0 saturated carbocycles. The summed E-state index contributed by atoms with van der Waals surface area (Å²) in [6.07, 6.45) is 1.50. The first kappa shape index (κ1) is 21.8. The first-order valence-electron chi connectivity index (χ1n) is 10.5. The lowest BCUT2D eigenvalue weighted by molar-refractivity contribution is 0.00776. The van der Waals surface area contributed by atoms with Gasteiger partial charge >= 0.3 is 6.09 Å². The van der Waals surface area contributed by atoms with Gasteiger partial charge in [-0.15, -0.1) is 0 Å². The van der Waals surface area contributed by atoms with Gasteiger partial charge in [0.15, 0.2) is 0 Å². The van der Waals surface area contributed by atoms with Gasteiger partial charge in [0.25, 0.3) is 0 Å². The highest BCUT2D eigenvalue weighted by atomic mass is 16.6. The summed E-state index contributed by atoms with van der Waals surface area (Å²) in [5, 5.41) is 3.13. The molecule has 1 aliphatic rings. The molecule has 30 heavy (non-hydrogen) atoms. The monoisotopic (exact) mass is 412 g/mol. The summed E-state index contributed by atoms with van der Waals surface area (Å²) in [5.74, 6) is 1.56. The van der Waals surface area contributed by atoms with Crippen molar-refractivity contribution in [1.29, 1.82) is 0 Å². The number of hydrogen-bond acceptors (Lipinski definition) is 5. The Hall–Kier alpha value is -2.89. The van der Waals surface area contributed by atoms with E-state index in [0.29, 0.717) is 19.7 Å². The molecule has 0 aliphatic carbocycles. The highest BCUT2D eigenvalue weighted by Gasteiger charge is 2.28. The molecule has 6 heteroatoms. The van der Waals surface area contributed by atoms with Crippen LogP contribution in [0.25, 0.3) is 0 Å². The molecule has 1 saturated heterocycles. The molecule has 1 amide bonds. The van der Waals surface area contributed by atoms with Gasteiger partial charge in [0, 0.05) is 19.3 Å². The molecule has 1 atom stereocenters. The first-order valence-corrected chi connectivity index (χ1v) is 10.5. The Morgan fingerprint density at radius 1 is 1.13 bits per heavy atom. The number of nitrogens with zero attached hydrogens (tertiary/aromatic N) is 1. The van der Waals surface area contributed by atoms with Crippen LogP contribution in [0.4, 0.5) is 10.5 Å². The number of likely N-dealkylation sites (tertiary alicyclic amines) is 1. The smallest absolute Gasteiger partial charge is 0.410 e. The van der Waals surface area contributed by atoms with E-state index in [1.807, 2.05) is 70.3 Å². The Balaban J connectivity index is 1.50. The molecule has 0 bridgehead atoms. The van der Waals surface area contributed by atoms with E-state index < -0.39 is 5.60 Å². The van der Waals surface area contributed by atoms with Crippen LogP contribution in [0.5, 0.6) is 11.5 Å². The average Bonchev–Trinajstić information content (AvgIpc) is 2.72. The summed E-state index contributed by atoms with van der Waals surface area (Å²) < 4.78 is 17.5. The molecule has 1 N–H and O–H groups in total. The fourth-order valence-corrected chi connectivity index (χ4v) is 3.32. The van der Waals surface area contributed by atoms with Gasteiger partial charge in [-0.2, -0.15) is 0 Å². The van der Waals surface area contributed by atoms with E-state index in [-0.39, 0.29) is 12.2 Å². The van der Waals surface area contributed by atoms with Crippen LogP contribution in [0.2, 0.25) is 0 Å². The molecular weight excluding hydrogens is 380 g/mol. The van der Waals surface area contributed by atoms with Gasteiger partial charge in [0.2, 0.25) is 0 Å². The van der Waals surface area contributed by atoms with E-state index in [1.165, 1.54) is 0 Å². The maximum Gasteiger partial charge on any atom is 0.410 e. The average molecular weight is 413 g/mol. The summed E-state index contributed by atoms with van der Waals surface area (Å²) in [4.78, 5) is 14.0. The maximum absolute atomic E-state index is 12.3. The van der Waals surface area contributed by atoms with E-state index in [2.05, 4.69) is 11.4 Å². The highest BCUT2D eigenvalue weighted by molar-refractivity contribution is 5.68. The van der Waals surface area contributed by atoms with Crippen molar-refractivity contribution in [2.45, 2.75) is 51.9 Å². The summed E-state index contributed by atoms with van der Waals surface area (Å²) in [7, 11) is 1.90. The number of anilines is 1. The third-order valence-corrected chi connectivity index (χ3v) is 4.78. The van der Waals surface area contributed by atoms with Crippen molar-refractivity contribution in [3.05, 3.63) is 54.1 Å². The molecule has 3 rings (SSSR count). The van der Waals surface area contributed by atoms with Crippen LogP contribution in [0.15, 0.2) is 48.5 Å². The van der Waals surface area contributed by atoms with Crippen molar-refractivity contribution in [3.8, 4) is 11.5 Å². The first-order chi connectivity index (χ1) is 14.3. The third kappa shape index (κ3) is 6.58. The lowest BCUT2D eigenvalue weighted by Crippen LogP contribution is -2.46. The summed E-state index contributed by atoms with van der Waals surface area (Å²) in [5.41, 5.74) is 1.68. The Kier molecular flexibility index (Phi) is 7.08.